The van der Waals surface area contributed by atoms with Crippen molar-refractivity contribution in [2.45, 2.75) is 12.8 Å². The van der Waals surface area contributed by atoms with Crippen molar-refractivity contribution in [2.75, 3.05) is 13.9 Å². The third kappa shape index (κ3) is 2.56. The summed E-state index contributed by atoms with van der Waals surface area (Å²) in [6.45, 7) is 2.00. The third-order valence-corrected chi connectivity index (χ3v) is 5.25. The predicted molar refractivity (Wildman–Crippen MR) is 107 cm³/mol. The highest BCUT2D eigenvalue weighted by molar-refractivity contribution is 5.62. The Morgan fingerprint density at radius 2 is 2.03 bits per heavy atom. The van der Waals surface area contributed by atoms with Crippen molar-refractivity contribution in [2.24, 2.45) is 5.73 Å². The molecule has 150 valence electrons. The van der Waals surface area contributed by atoms with Gasteiger partial charge in [-0.3, -0.25) is 0 Å². The minimum absolute atomic E-state index is 0.0451. The Hall–Kier alpha value is -4.12. The maximum absolute atomic E-state index is 9.87. The molecule has 5 rings (SSSR count). The Bertz CT molecular complexity index is 1220. The Labute approximate surface area is 172 Å². The van der Waals surface area contributed by atoms with Crippen molar-refractivity contribution >= 4 is 0 Å². The first kappa shape index (κ1) is 17.9. The molecule has 2 aliphatic rings. The van der Waals surface area contributed by atoms with E-state index in [4.69, 9.17) is 24.7 Å². The minimum Gasteiger partial charge on any atom is -0.493 e. The molecule has 2 aliphatic heterocycles. The fourth-order valence-electron chi connectivity index (χ4n) is 3.91. The predicted octanol–water partition coefficient (Wildman–Crippen LogP) is 3.14. The van der Waals surface area contributed by atoms with Gasteiger partial charge in [0.2, 0.25) is 24.3 Å². The third-order valence-electron chi connectivity index (χ3n) is 5.25. The number of nitrogens with two attached hydrogens (primary N) is 1. The molecule has 0 fully saturated rings. The van der Waals surface area contributed by atoms with Gasteiger partial charge in [0.1, 0.15) is 11.6 Å². The summed E-state index contributed by atoms with van der Waals surface area (Å²) < 4.78 is 24.2. The topological polar surface area (TPSA) is 105 Å². The average Bonchev–Trinajstić information content (AvgIpc) is 3.37. The van der Waals surface area contributed by atoms with E-state index in [-0.39, 0.29) is 12.7 Å². The molecule has 0 saturated heterocycles. The summed E-state index contributed by atoms with van der Waals surface area (Å²) in [6, 6.07) is 15.5. The lowest BCUT2D eigenvalue weighted by atomic mass is 9.84. The average molecular weight is 402 g/mol. The van der Waals surface area contributed by atoms with Crippen LogP contribution in [0.2, 0.25) is 0 Å². The number of benzene rings is 2. The van der Waals surface area contributed by atoms with E-state index in [9.17, 15) is 5.26 Å². The zero-order valence-corrected chi connectivity index (χ0v) is 16.4. The molecule has 3 aromatic rings. The van der Waals surface area contributed by atoms with Crippen LogP contribution in [0.4, 0.5) is 0 Å². The number of hydrogen-bond acceptors (Lipinski definition) is 7. The molecule has 2 N–H and O–H groups in total. The van der Waals surface area contributed by atoms with Crippen LogP contribution in [-0.4, -0.2) is 23.7 Å². The molecule has 3 heterocycles. The van der Waals surface area contributed by atoms with Crippen LogP contribution in [-0.2, 0) is 0 Å². The quantitative estimate of drug-likeness (QED) is 0.718. The number of nitriles is 1. The number of aryl methyl sites for hydroxylation is 1. The SMILES string of the molecule is COc1cc(C2C(C#N)=C(N)Oc3c2c(C)nn3-c2ccccc2)cc2c1OCO2. The van der Waals surface area contributed by atoms with E-state index in [1.165, 1.54) is 0 Å². The molecule has 1 aromatic heterocycles. The van der Waals surface area contributed by atoms with Crippen LogP contribution in [0.3, 0.4) is 0 Å². The van der Waals surface area contributed by atoms with Crippen molar-refractivity contribution in [3.8, 4) is 34.9 Å². The number of aromatic nitrogens is 2. The minimum atomic E-state index is -0.486. The Kier molecular flexibility index (Phi) is 4.03. The summed E-state index contributed by atoms with van der Waals surface area (Å²) in [5, 5.41) is 14.5. The summed E-state index contributed by atoms with van der Waals surface area (Å²) in [5.74, 6) is 1.67. The van der Waals surface area contributed by atoms with Crippen LogP contribution in [0.15, 0.2) is 53.9 Å². The number of nitrogens with zero attached hydrogens (tertiary/aromatic N) is 3. The van der Waals surface area contributed by atoms with Gasteiger partial charge in [-0.05, 0) is 36.8 Å². The fraction of sp³-hybridized carbons (Fsp3) is 0.182. The number of methoxy groups -OCH3 is 1. The fourth-order valence-corrected chi connectivity index (χ4v) is 3.91. The number of fused-ring (bicyclic) bond motifs is 2. The largest absolute Gasteiger partial charge is 0.493 e. The molecule has 30 heavy (non-hydrogen) atoms. The lowest BCUT2D eigenvalue weighted by Crippen LogP contribution is -2.22. The summed E-state index contributed by atoms with van der Waals surface area (Å²) >= 11 is 0. The van der Waals surface area contributed by atoms with E-state index in [2.05, 4.69) is 11.2 Å². The van der Waals surface area contributed by atoms with Gasteiger partial charge in [0.25, 0.3) is 0 Å². The van der Waals surface area contributed by atoms with Crippen molar-refractivity contribution in [1.29, 1.82) is 5.26 Å². The number of ether oxygens (including phenoxy) is 4. The van der Waals surface area contributed by atoms with Gasteiger partial charge in [-0.2, -0.15) is 10.4 Å². The Morgan fingerprint density at radius 1 is 1.23 bits per heavy atom. The van der Waals surface area contributed by atoms with Crippen molar-refractivity contribution in [3.05, 3.63) is 70.7 Å². The molecular formula is C22H18N4O4. The molecular weight excluding hydrogens is 384 g/mol. The van der Waals surface area contributed by atoms with Crippen LogP contribution < -0.4 is 24.7 Å². The monoisotopic (exact) mass is 402 g/mol. The standard InChI is InChI=1S/C22H18N4O4/c1-12-18-19(13-8-16(27-2)20-17(9-13)28-11-29-20)15(10-23)21(24)30-22(18)26(25-12)14-6-4-3-5-7-14/h3-9,19H,11,24H2,1-2H3. The van der Waals surface area contributed by atoms with Crippen molar-refractivity contribution < 1.29 is 18.9 Å². The first-order valence-corrected chi connectivity index (χ1v) is 9.32. The van der Waals surface area contributed by atoms with Crippen LogP contribution in [0, 0.1) is 18.3 Å². The van der Waals surface area contributed by atoms with Crippen LogP contribution >= 0.6 is 0 Å². The molecule has 0 radical (unpaired) electrons. The van der Waals surface area contributed by atoms with Gasteiger partial charge in [0.05, 0.1) is 30.0 Å². The number of rotatable bonds is 3. The van der Waals surface area contributed by atoms with Gasteiger partial charge in [-0.1, -0.05) is 18.2 Å². The van der Waals surface area contributed by atoms with Gasteiger partial charge in [0, 0.05) is 0 Å². The second-order valence-electron chi connectivity index (χ2n) is 6.93. The second kappa shape index (κ2) is 6.74. The number of hydrogen-bond donors (Lipinski definition) is 1. The first-order chi connectivity index (χ1) is 14.6. The molecule has 2 aromatic carbocycles. The van der Waals surface area contributed by atoms with E-state index < -0.39 is 5.92 Å². The molecule has 8 heteroatoms. The van der Waals surface area contributed by atoms with Crippen LogP contribution in [0.25, 0.3) is 5.69 Å². The summed E-state index contributed by atoms with van der Waals surface area (Å²) in [5.41, 5.74) is 9.59. The molecule has 0 saturated carbocycles. The summed E-state index contributed by atoms with van der Waals surface area (Å²) in [6.07, 6.45) is 0. The van der Waals surface area contributed by atoms with Crippen LogP contribution in [0.5, 0.6) is 23.1 Å². The van der Waals surface area contributed by atoms with Gasteiger partial charge >= 0.3 is 0 Å². The Morgan fingerprint density at radius 3 is 2.77 bits per heavy atom. The van der Waals surface area contributed by atoms with E-state index in [0.717, 1.165) is 22.5 Å². The van der Waals surface area contributed by atoms with Crippen LogP contribution in [0.1, 0.15) is 22.7 Å². The molecule has 8 nitrogen and oxygen atoms in total. The second-order valence-corrected chi connectivity index (χ2v) is 6.93. The van der Waals surface area contributed by atoms with Gasteiger partial charge in [-0.15, -0.1) is 0 Å². The van der Waals surface area contributed by atoms with Gasteiger partial charge in [0.15, 0.2) is 11.5 Å². The maximum atomic E-state index is 9.87. The van der Waals surface area contributed by atoms with E-state index >= 15 is 0 Å². The summed E-state index contributed by atoms with van der Waals surface area (Å²) in [4.78, 5) is 0. The van der Waals surface area contributed by atoms with Gasteiger partial charge < -0.3 is 24.7 Å². The maximum Gasteiger partial charge on any atom is 0.231 e. The van der Waals surface area contributed by atoms with Crippen molar-refractivity contribution in [1.82, 2.24) is 9.78 Å². The highest BCUT2D eigenvalue weighted by atomic mass is 16.7. The summed E-state index contributed by atoms with van der Waals surface area (Å²) in [7, 11) is 1.56. The molecule has 0 aliphatic carbocycles. The highest BCUT2D eigenvalue weighted by Crippen LogP contribution is 2.49. The zero-order chi connectivity index (χ0) is 20.8. The first-order valence-electron chi connectivity index (χ1n) is 9.32. The lowest BCUT2D eigenvalue weighted by molar-refractivity contribution is 0.171. The van der Waals surface area contributed by atoms with Gasteiger partial charge in [-0.25, -0.2) is 4.68 Å². The number of para-hydroxylation sites is 1. The van der Waals surface area contributed by atoms with E-state index in [0.29, 0.717) is 28.7 Å². The normalized spacial score (nSPS) is 16.6. The van der Waals surface area contributed by atoms with Crippen molar-refractivity contribution in [3.63, 3.8) is 0 Å². The number of allylic oxidation sites excluding steroid dienone is 1. The molecule has 0 spiro atoms. The molecule has 0 amide bonds. The van der Waals surface area contributed by atoms with E-state index in [1.807, 2.05) is 49.4 Å². The van der Waals surface area contributed by atoms with E-state index in [1.54, 1.807) is 11.8 Å². The lowest BCUT2D eigenvalue weighted by Gasteiger charge is -2.25. The molecule has 1 unspecified atom stereocenters. The zero-order valence-electron chi connectivity index (χ0n) is 16.4. The highest BCUT2D eigenvalue weighted by Gasteiger charge is 2.37. The Balaban J connectivity index is 1.74. The smallest absolute Gasteiger partial charge is 0.231 e. The molecule has 1 atom stereocenters. The molecule has 0 bridgehead atoms.